The molecule has 3 rings (SSSR count). The number of rotatable bonds is 8. The zero-order valence-electron chi connectivity index (χ0n) is 20.8. The molecule has 0 radical (unpaired) electrons. The summed E-state index contributed by atoms with van der Waals surface area (Å²) in [5, 5.41) is 3.05. The molecule has 3 aromatic rings. The maximum absolute atomic E-state index is 13.7. The van der Waals surface area contributed by atoms with Gasteiger partial charge in [0.15, 0.2) is 0 Å². The van der Waals surface area contributed by atoms with Crippen molar-refractivity contribution < 1.29 is 13.2 Å². The van der Waals surface area contributed by atoms with Crippen molar-refractivity contribution in [1.29, 1.82) is 0 Å². The predicted molar refractivity (Wildman–Crippen MR) is 139 cm³/mol. The Bertz CT molecular complexity index is 1260. The van der Waals surface area contributed by atoms with Gasteiger partial charge >= 0.3 is 0 Å². The van der Waals surface area contributed by atoms with E-state index in [1.165, 1.54) is 9.87 Å². The summed E-state index contributed by atoms with van der Waals surface area (Å²) in [5.41, 5.74) is 6.67. The van der Waals surface area contributed by atoms with Gasteiger partial charge in [-0.1, -0.05) is 48.9 Å². The van der Waals surface area contributed by atoms with Gasteiger partial charge in [0.2, 0.25) is 5.91 Å². The largest absolute Gasteiger partial charge is 0.348 e. The van der Waals surface area contributed by atoms with Crippen LogP contribution in [0.2, 0.25) is 0 Å². The summed E-state index contributed by atoms with van der Waals surface area (Å²) in [6.07, 6.45) is 0.697. The molecular formula is C28H34N2O3S. The van der Waals surface area contributed by atoms with Crippen LogP contribution in [0.4, 0.5) is 5.69 Å². The van der Waals surface area contributed by atoms with Crippen LogP contribution in [0.3, 0.4) is 0 Å². The summed E-state index contributed by atoms with van der Waals surface area (Å²) in [7, 11) is -3.95. The number of nitrogens with one attached hydrogen (secondary N) is 1. The molecule has 0 aliphatic carbocycles. The van der Waals surface area contributed by atoms with Gasteiger partial charge in [0.25, 0.3) is 10.0 Å². The Labute approximate surface area is 203 Å². The van der Waals surface area contributed by atoms with E-state index in [1.807, 2.05) is 52.8 Å². The molecule has 3 aromatic carbocycles. The molecule has 1 amide bonds. The topological polar surface area (TPSA) is 66.5 Å². The van der Waals surface area contributed by atoms with Crippen molar-refractivity contribution in [2.45, 2.75) is 58.9 Å². The number of sulfonamides is 1. The molecule has 1 N–H and O–H groups in total. The summed E-state index contributed by atoms with van der Waals surface area (Å²) in [4.78, 5) is 13.4. The maximum atomic E-state index is 13.7. The zero-order chi connectivity index (χ0) is 25.0. The number of carbonyl (C=O) groups excluding carboxylic acids is 1. The molecule has 180 valence electrons. The summed E-state index contributed by atoms with van der Waals surface area (Å²) >= 11 is 0. The lowest BCUT2D eigenvalue weighted by Gasteiger charge is -2.26. The minimum absolute atomic E-state index is 0.159. The Morgan fingerprint density at radius 3 is 2.00 bits per heavy atom. The monoisotopic (exact) mass is 478 g/mol. The Morgan fingerprint density at radius 2 is 1.44 bits per heavy atom. The first-order chi connectivity index (χ1) is 16.0. The molecule has 1 atom stereocenters. The van der Waals surface area contributed by atoms with Crippen molar-refractivity contribution in [3.05, 3.63) is 94.0 Å². The average Bonchev–Trinajstić information content (AvgIpc) is 2.77. The molecule has 0 saturated heterocycles. The second-order valence-corrected chi connectivity index (χ2v) is 10.9. The van der Waals surface area contributed by atoms with Gasteiger partial charge in [0.05, 0.1) is 16.6 Å². The van der Waals surface area contributed by atoms with Crippen molar-refractivity contribution in [2.24, 2.45) is 0 Å². The molecular weight excluding hydrogens is 444 g/mol. The number of carbonyl (C=O) groups is 1. The van der Waals surface area contributed by atoms with Crippen LogP contribution in [-0.4, -0.2) is 20.9 Å². The second kappa shape index (κ2) is 10.4. The smallest absolute Gasteiger partial charge is 0.264 e. The van der Waals surface area contributed by atoms with E-state index in [0.717, 1.165) is 27.8 Å². The highest BCUT2D eigenvalue weighted by molar-refractivity contribution is 7.92. The van der Waals surface area contributed by atoms with Gasteiger partial charge in [-0.2, -0.15) is 0 Å². The van der Waals surface area contributed by atoms with Crippen LogP contribution in [0, 0.1) is 34.6 Å². The molecule has 34 heavy (non-hydrogen) atoms. The van der Waals surface area contributed by atoms with Gasteiger partial charge in [-0.3, -0.25) is 9.10 Å². The summed E-state index contributed by atoms with van der Waals surface area (Å²) < 4.78 is 28.5. The lowest BCUT2D eigenvalue weighted by molar-refractivity contribution is -0.120. The van der Waals surface area contributed by atoms with E-state index in [0.29, 0.717) is 12.1 Å². The van der Waals surface area contributed by atoms with Gasteiger partial charge in [-0.25, -0.2) is 8.42 Å². The van der Waals surface area contributed by atoms with E-state index in [4.69, 9.17) is 0 Å². The van der Waals surface area contributed by atoms with E-state index in [2.05, 4.69) is 18.3 Å². The Hall–Kier alpha value is -3.12. The van der Waals surface area contributed by atoms with E-state index in [-0.39, 0.29) is 23.4 Å². The summed E-state index contributed by atoms with van der Waals surface area (Å²) in [5.74, 6) is -0.347. The van der Waals surface area contributed by atoms with Crippen LogP contribution < -0.4 is 9.62 Å². The van der Waals surface area contributed by atoms with Gasteiger partial charge in [0.1, 0.15) is 6.54 Å². The number of hydrogen-bond acceptors (Lipinski definition) is 3. The Kier molecular flexibility index (Phi) is 7.82. The molecule has 0 aromatic heterocycles. The third-order valence-corrected chi connectivity index (χ3v) is 7.86. The second-order valence-electron chi connectivity index (χ2n) is 9.04. The van der Waals surface area contributed by atoms with Gasteiger partial charge in [0, 0.05) is 0 Å². The highest BCUT2D eigenvalue weighted by Crippen LogP contribution is 2.27. The molecule has 5 nitrogen and oxygen atoms in total. The van der Waals surface area contributed by atoms with Crippen LogP contribution in [0.1, 0.15) is 52.8 Å². The molecule has 0 bridgehead atoms. The highest BCUT2D eigenvalue weighted by Gasteiger charge is 2.28. The first-order valence-electron chi connectivity index (χ1n) is 11.6. The SMILES string of the molecule is CCC(NC(=O)CN(c1cc(C)cc(C)c1)S(=O)(=O)c1ccc(C)cc1)c1ccc(C)c(C)c1. The number of hydrogen-bond donors (Lipinski definition) is 1. The minimum Gasteiger partial charge on any atom is -0.348 e. The number of anilines is 1. The quantitative estimate of drug-likeness (QED) is 0.452. The number of nitrogens with zero attached hydrogens (tertiary/aromatic N) is 1. The Balaban J connectivity index is 1.95. The lowest BCUT2D eigenvalue weighted by Crippen LogP contribution is -2.42. The first-order valence-corrected chi connectivity index (χ1v) is 13.0. The van der Waals surface area contributed by atoms with E-state index in [9.17, 15) is 13.2 Å². The van der Waals surface area contributed by atoms with Crippen molar-refractivity contribution in [1.82, 2.24) is 5.32 Å². The van der Waals surface area contributed by atoms with E-state index < -0.39 is 10.0 Å². The first kappa shape index (κ1) is 25.5. The molecule has 1 unspecified atom stereocenters. The number of amides is 1. The zero-order valence-corrected chi connectivity index (χ0v) is 21.7. The molecule has 0 fully saturated rings. The fraction of sp³-hybridized carbons (Fsp3) is 0.321. The normalized spacial score (nSPS) is 12.3. The van der Waals surface area contributed by atoms with Gasteiger partial charge < -0.3 is 5.32 Å². The minimum atomic E-state index is -3.95. The summed E-state index contributed by atoms with van der Waals surface area (Å²) in [6.45, 7) is 11.5. The van der Waals surface area contributed by atoms with Crippen LogP contribution in [-0.2, 0) is 14.8 Å². The third kappa shape index (κ3) is 5.86. The Morgan fingerprint density at radius 1 is 0.824 bits per heavy atom. The highest BCUT2D eigenvalue weighted by atomic mass is 32.2. The van der Waals surface area contributed by atoms with Crippen molar-refractivity contribution in [2.75, 3.05) is 10.8 Å². The molecule has 0 aliphatic rings. The van der Waals surface area contributed by atoms with E-state index in [1.54, 1.807) is 36.4 Å². The molecule has 0 heterocycles. The van der Waals surface area contributed by atoms with E-state index >= 15 is 0 Å². The van der Waals surface area contributed by atoms with Crippen molar-refractivity contribution in [3.63, 3.8) is 0 Å². The number of benzene rings is 3. The van der Waals surface area contributed by atoms with Crippen LogP contribution in [0.5, 0.6) is 0 Å². The predicted octanol–water partition coefficient (Wildman–Crippen LogP) is 5.69. The molecule has 0 saturated carbocycles. The lowest BCUT2D eigenvalue weighted by atomic mass is 9.99. The van der Waals surface area contributed by atoms with Gasteiger partial charge in [-0.05, 0) is 93.1 Å². The van der Waals surface area contributed by atoms with Crippen LogP contribution >= 0.6 is 0 Å². The maximum Gasteiger partial charge on any atom is 0.264 e. The third-order valence-electron chi connectivity index (χ3n) is 6.07. The standard InChI is InChI=1S/C28H34N2O3S/c1-7-27(24-11-10-22(5)23(6)17-24)29-28(31)18-30(25-15-20(3)14-21(4)16-25)34(32,33)26-12-8-19(2)9-13-26/h8-17,27H,7,18H2,1-6H3,(H,29,31). The van der Waals surface area contributed by atoms with Gasteiger partial charge in [-0.15, -0.1) is 0 Å². The molecule has 0 aliphatic heterocycles. The molecule has 6 heteroatoms. The molecule has 0 spiro atoms. The number of aryl methyl sites for hydroxylation is 5. The van der Waals surface area contributed by atoms with Crippen molar-refractivity contribution in [3.8, 4) is 0 Å². The average molecular weight is 479 g/mol. The summed E-state index contributed by atoms with van der Waals surface area (Å²) in [6, 6.07) is 18.2. The fourth-order valence-corrected chi connectivity index (χ4v) is 5.42. The van der Waals surface area contributed by atoms with Crippen molar-refractivity contribution >= 4 is 21.6 Å². The van der Waals surface area contributed by atoms with Crippen LogP contribution in [0.15, 0.2) is 65.6 Å². The van der Waals surface area contributed by atoms with Crippen LogP contribution in [0.25, 0.3) is 0 Å². The fourth-order valence-electron chi connectivity index (χ4n) is 4.02.